The maximum Gasteiger partial charge on any atom is 0.337 e. The molecule has 4 nitrogen and oxygen atoms in total. The summed E-state index contributed by atoms with van der Waals surface area (Å²) in [6.45, 7) is 3.71. The molecule has 5 heteroatoms. The van der Waals surface area contributed by atoms with E-state index >= 15 is 0 Å². The molecule has 0 bridgehead atoms. The quantitative estimate of drug-likeness (QED) is 0.627. The molecule has 0 aliphatic heterocycles. The van der Waals surface area contributed by atoms with Crippen LogP contribution in [0.25, 0.3) is 0 Å². The number of hydrogen-bond donors (Lipinski definition) is 0. The third-order valence-electron chi connectivity index (χ3n) is 2.07. The van der Waals surface area contributed by atoms with Crippen LogP contribution >= 0.6 is 7.60 Å². The number of Topliss-reactive ketones (excluding diaryl/α,β-unsaturated/α-hetero) is 1. The molecule has 0 aromatic heterocycles. The lowest BCUT2D eigenvalue weighted by molar-refractivity contribution is -0.120. The van der Waals surface area contributed by atoms with Gasteiger partial charge in [0.25, 0.3) is 0 Å². The Kier molecular flexibility index (Phi) is 5.45. The summed E-state index contributed by atoms with van der Waals surface area (Å²) in [5.74, 6) is -0.159. The highest BCUT2D eigenvalue weighted by molar-refractivity contribution is 7.54. The topological polar surface area (TPSA) is 52.6 Å². The fourth-order valence-electron chi connectivity index (χ4n) is 0.778. The lowest BCUT2D eigenvalue weighted by Gasteiger charge is -2.14. The van der Waals surface area contributed by atoms with Gasteiger partial charge in [-0.15, -0.1) is 0 Å². The first kappa shape index (κ1) is 12.8. The van der Waals surface area contributed by atoms with Crippen molar-refractivity contribution in [2.24, 2.45) is 5.92 Å². The molecule has 0 fully saturated rings. The highest BCUT2D eigenvalue weighted by atomic mass is 31.2. The van der Waals surface area contributed by atoms with Crippen molar-refractivity contribution in [1.29, 1.82) is 0 Å². The lowest BCUT2D eigenvalue weighted by Crippen LogP contribution is -2.15. The molecule has 0 aromatic carbocycles. The Morgan fingerprint density at radius 3 is 2.15 bits per heavy atom. The predicted octanol–water partition coefficient (Wildman–Crippen LogP) is 2.09. The summed E-state index contributed by atoms with van der Waals surface area (Å²) in [5, 5.41) is 0. The van der Waals surface area contributed by atoms with Crippen molar-refractivity contribution in [3.8, 4) is 0 Å². The van der Waals surface area contributed by atoms with Gasteiger partial charge in [-0.1, -0.05) is 13.8 Å². The number of carbonyl (C=O) groups excluding carboxylic acids is 1. The minimum Gasteiger partial charge on any atom is -0.312 e. The first-order valence-corrected chi connectivity index (χ1v) is 5.95. The van der Waals surface area contributed by atoms with E-state index in [1.54, 1.807) is 6.92 Å². The fourth-order valence-corrected chi connectivity index (χ4v) is 1.88. The van der Waals surface area contributed by atoms with Crippen LogP contribution in [-0.4, -0.2) is 26.2 Å². The molecule has 0 unspecified atom stereocenters. The molecule has 0 aromatic rings. The number of carbonyl (C=O) groups is 1. The zero-order valence-corrected chi connectivity index (χ0v) is 9.47. The Morgan fingerprint density at radius 1 is 1.38 bits per heavy atom. The van der Waals surface area contributed by atoms with Gasteiger partial charge in [0.1, 0.15) is 11.9 Å². The molecule has 0 aliphatic carbocycles. The van der Waals surface area contributed by atoms with Gasteiger partial charge in [-0.3, -0.25) is 9.36 Å². The van der Waals surface area contributed by atoms with Gasteiger partial charge < -0.3 is 9.05 Å². The molecule has 1 atom stereocenters. The molecule has 0 saturated heterocycles. The van der Waals surface area contributed by atoms with Crippen molar-refractivity contribution in [3.63, 3.8) is 0 Å². The number of hydrogen-bond acceptors (Lipinski definition) is 4. The van der Waals surface area contributed by atoms with E-state index in [2.05, 4.69) is 9.05 Å². The van der Waals surface area contributed by atoms with Gasteiger partial charge in [0, 0.05) is 20.1 Å². The smallest absolute Gasteiger partial charge is 0.312 e. The van der Waals surface area contributed by atoms with Gasteiger partial charge in [0.05, 0.1) is 0 Å². The molecule has 0 spiro atoms. The van der Waals surface area contributed by atoms with E-state index in [-0.39, 0.29) is 17.9 Å². The zero-order chi connectivity index (χ0) is 10.5. The summed E-state index contributed by atoms with van der Waals surface area (Å²) in [5.41, 5.74) is 0. The summed E-state index contributed by atoms with van der Waals surface area (Å²) in [7, 11) is -0.582. The lowest BCUT2D eigenvalue weighted by atomic mass is 10.1. The molecule has 0 aliphatic rings. The average Bonchev–Trinajstić information content (AvgIpc) is 2.16. The first-order chi connectivity index (χ1) is 5.99. The van der Waals surface area contributed by atoms with E-state index in [1.807, 2.05) is 6.92 Å². The molecule has 0 rings (SSSR count). The molecule has 0 saturated carbocycles. The first-order valence-electron chi connectivity index (χ1n) is 4.22. The SMILES string of the molecule is CC[C@H](C)C(=O)CP(=O)(OC)OC. The van der Waals surface area contributed by atoms with Gasteiger partial charge in [-0.05, 0) is 6.42 Å². The molecule has 0 amide bonds. The largest absolute Gasteiger partial charge is 0.337 e. The van der Waals surface area contributed by atoms with E-state index in [4.69, 9.17) is 0 Å². The highest BCUT2D eigenvalue weighted by Crippen LogP contribution is 2.46. The van der Waals surface area contributed by atoms with Crippen molar-refractivity contribution in [1.82, 2.24) is 0 Å². The third-order valence-corrected chi connectivity index (χ3v) is 3.88. The summed E-state index contributed by atoms with van der Waals surface area (Å²) in [6, 6.07) is 0. The molecule has 13 heavy (non-hydrogen) atoms. The van der Waals surface area contributed by atoms with Crippen molar-refractivity contribution in [2.45, 2.75) is 20.3 Å². The number of ketones is 1. The van der Waals surface area contributed by atoms with Crippen LogP contribution in [0.4, 0.5) is 0 Å². The van der Waals surface area contributed by atoms with E-state index in [9.17, 15) is 9.36 Å². The van der Waals surface area contributed by atoms with Crippen LogP contribution < -0.4 is 0 Å². The maximum atomic E-state index is 11.5. The maximum absolute atomic E-state index is 11.5. The van der Waals surface area contributed by atoms with E-state index in [0.717, 1.165) is 6.42 Å². The number of rotatable bonds is 6. The monoisotopic (exact) mass is 208 g/mol. The second kappa shape index (κ2) is 5.53. The van der Waals surface area contributed by atoms with Crippen LogP contribution in [0, 0.1) is 5.92 Å². The van der Waals surface area contributed by atoms with Crippen LogP contribution in [0.2, 0.25) is 0 Å². The summed E-state index contributed by atoms with van der Waals surface area (Å²) in [4.78, 5) is 11.4. The van der Waals surface area contributed by atoms with Crippen LogP contribution in [0.15, 0.2) is 0 Å². The van der Waals surface area contributed by atoms with Gasteiger partial charge >= 0.3 is 7.60 Å². The average molecular weight is 208 g/mol. The Labute approximate surface area is 79.1 Å². The summed E-state index contributed by atoms with van der Waals surface area (Å²) >= 11 is 0. The summed E-state index contributed by atoms with van der Waals surface area (Å²) < 4.78 is 20.8. The Hall–Kier alpha value is -0.180. The van der Waals surface area contributed by atoms with Gasteiger partial charge in [-0.2, -0.15) is 0 Å². The Morgan fingerprint density at radius 2 is 1.85 bits per heavy atom. The standard InChI is InChI=1S/C8H17O4P/c1-5-7(2)8(9)6-13(10,11-3)12-4/h7H,5-6H2,1-4H3/t7-/m0/s1. The fraction of sp³-hybridized carbons (Fsp3) is 0.875. The van der Waals surface area contributed by atoms with E-state index in [1.165, 1.54) is 14.2 Å². The van der Waals surface area contributed by atoms with Gasteiger partial charge in [-0.25, -0.2) is 0 Å². The van der Waals surface area contributed by atoms with Crippen molar-refractivity contribution in [3.05, 3.63) is 0 Å². The Bertz CT molecular complexity index is 206. The van der Waals surface area contributed by atoms with Crippen molar-refractivity contribution >= 4 is 13.4 Å². The minimum absolute atomic E-state index is 0.0745. The van der Waals surface area contributed by atoms with Crippen molar-refractivity contribution in [2.75, 3.05) is 20.4 Å². The van der Waals surface area contributed by atoms with Gasteiger partial charge in [0.2, 0.25) is 0 Å². The molecule has 0 N–H and O–H groups in total. The molecule has 78 valence electrons. The van der Waals surface area contributed by atoms with Crippen LogP contribution in [0.5, 0.6) is 0 Å². The van der Waals surface area contributed by atoms with Crippen LogP contribution in [0.3, 0.4) is 0 Å². The van der Waals surface area contributed by atoms with Gasteiger partial charge in [0.15, 0.2) is 0 Å². The van der Waals surface area contributed by atoms with E-state index in [0.29, 0.717) is 0 Å². The highest BCUT2D eigenvalue weighted by Gasteiger charge is 2.27. The third kappa shape index (κ3) is 4.03. The second-order valence-electron chi connectivity index (χ2n) is 2.91. The Balaban J connectivity index is 4.26. The van der Waals surface area contributed by atoms with Crippen LogP contribution in [0.1, 0.15) is 20.3 Å². The minimum atomic E-state index is -3.15. The molecular formula is C8H17O4P. The second-order valence-corrected chi connectivity index (χ2v) is 5.18. The zero-order valence-electron chi connectivity index (χ0n) is 8.57. The predicted molar refractivity (Wildman–Crippen MR) is 51.0 cm³/mol. The normalized spacial score (nSPS) is 14.2. The molecule has 0 radical (unpaired) electrons. The molecular weight excluding hydrogens is 191 g/mol. The van der Waals surface area contributed by atoms with Crippen molar-refractivity contribution < 1.29 is 18.4 Å². The molecule has 0 heterocycles. The van der Waals surface area contributed by atoms with E-state index < -0.39 is 7.60 Å². The van der Waals surface area contributed by atoms with Crippen LogP contribution in [-0.2, 0) is 18.4 Å². The summed E-state index contributed by atoms with van der Waals surface area (Å²) in [6.07, 6.45) is 0.612.